The lowest BCUT2D eigenvalue weighted by Crippen LogP contribution is -2.54. The molecule has 1 amide bonds. The van der Waals surface area contributed by atoms with Crippen LogP contribution in [0, 0.1) is 0 Å². The molecule has 18 heavy (non-hydrogen) atoms. The monoisotopic (exact) mass is 274 g/mol. The van der Waals surface area contributed by atoms with Gasteiger partial charge in [-0.15, -0.1) is 0 Å². The van der Waals surface area contributed by atoms with E-state index in [9.17, 15) is 9.59 Å². The van der Waals surface area contributed by atoms with Crippen molar-refractivity contribution in [2.75, 3.05) is 18.1 Å². The highest BCUT2D eigenvalue weighted by Crippen LogP contribution is 2.21. The van der Waals surface area contributed by atoms with Gasteiger partial charge in [0.25, 0.3) is 0 Å². The maximum absolute atomic E-state index is 12.0. The molecule has 0 bridgehead atoms. The molecule has 0 aliphatic carbocycles. The number of carboxylic acids is 1. The van der Waals surface area contributed by atoms with Crippen molar-refractivity contribution in [3.8, 4) is 0 Å². The summed E-state index contributed by atoms with van der Waals surface area (Å²) in [6.45, 7) is 6.47. The molecule has 2 N–H and O–H groups in total. The highest BCUT2D eigenvalue weighted by Gasteiger charge is 2.31. The summed E-state index contributed by atoms with van der Waals surface area (Å²) in [5.41, 5.74) is 0. The third-order valence-corrected chi connectivity index (χ3v) is 4.08. The first-order valence-electron chi connectivity index (χ1n) is 6.27. The summed E-state index contributed by atoms with van der Waals surface area (Å²) in [7, 11) is 0. The predicted molar refractivity (Wildman–Crippen MR) is 72.8 cm³/mol. The number of carbonyl (C=O) groups excluding carboxylic acids is 1. The lowest BCUT2D eigenvalue weighted by atomic mass is 10.1. The molecule has 104 valence electrons. The van der Waals surface area contributed by atoms with Crippen LogP contribution < -0.4 is 5.32 Å². The van der Waals surface area contributed by atoms with E-state index in [-0.39, 0.29) is 30.5 Å². The Morgan fingerprint density at radius 1 is 1.44 bits per heavy atom. The van der Waals surface area contributed by atoms with Crippen molar-refractivity contribution in [1.29, 1.82) is 0 Å². The molecular weight excluding hydrogens is 252 g/mol. The number of amides is 1. The third-order valence-electron chi connectivity index (χ3n) is 2.99. The van der Waals surface area contributed by atoms with Gasteiger partial charge in [-0.05, 0) is 20.8 Å². The van der Waals surface area contributed by atoms with Gasteiger partial charge in [0, 0.05) is 30.1 Å². The van der Waals surface area contributed by atoms with Crippen molar-refractivity contribution >= 4 is 23.6 Å². The number of aliphatic carboxylic acids is 1. The zero-order chi connectivity index (χ0) is 13.7. The van der Waals surface area contributed by atoms with E-state index in [1.165, 1.54) is 0 Å². The smallest absolute Gasteiger partial charge is 0.304 e. The average Bonchev–Trinajstić information content (AvgIpc) is 2.27. The molecular formula is C12H22N2O3S. The summed E-state index contributed by atoms with van der Waals surface area (Å²) >= 11 is 1.76. The maximum atomic E-state index is 12.0. The molecule has 2 unspecified atom stereocenters. The van der Waals surface area contributed by atoms with Gasteiger partial charge in [-0.2, -0.15) is 11.8 Å². The zero-order valence-electron chi connectivity index (χ0n) is 11.2. The minimum Gasteiger partial charge on any atom is -0.481 e. The van der Waals surface area contributed by atoms with Crippen molar-refractivity contribution in [3.63, 3.8) is 0 Å². The topological polar surface area (TPSA) is 69.6 Å². The van der Waals surface area contributed by atoms with Crippen LogP contribution in [0.2, 0.25) is 0 Å². The second kappa shape index (κ2) is 6.99. The SMILES string of the molecule is CC(C)NC(=O)C(C)N1CCSCC1CC(=O)O. The quantitative estimate of drug-likeness (QED) is 0.776. The Bertz CT molecular complexity index is 310. The van der Waals surface area contributed by atoms with Gasteiger partial charge in [-0.3, -0.25) is 14.5 Å². The molecule has 0 aromatic rings. The van der Waals surface area contributed by atoms with E-state index in [2.05, 4.69) is 5.32 Å². The summed E-state index contributed by atoms with van der Waals surface area (Å²) in [5.74, 6) is 0.914. The summed E-state index contributed by atoms with van der Waals surface area (Å²) in [6.07, 6.45) is 0.103. The van der Waals surface area contributed by atoms with Crippen LogP contribution in [-0.2, 0) is 9.59 Å². The molecule has 1 rings (SSSR count). The molecule has 0 spiro atoms. The van der Waals surface area contributed by atoms with Crippen LogP contribution in [0.1, 0.15) is 27.2 Å². The Morgan fingerprint density at radius 3 is 2.67 bits per heavy atom. The lowest BCUT2D eigenvalue weighted by molar-refractivity contribution is -0.139. The number of nitrogens with zero attached hydrogens (tertiary/aromatic N) is 1. The van der Waals surface area contributed by atoms with Crippen LogP contribution in [0.25, 0.3) is 0 Å². The number of thioether (sulfide) groups is 1. The second-order valence-electron chi connectivity index (χ2n) is 4.90. The zero-order valence-corrected chi connectivity index (χ0v) is 12.0. The van der Waals surface area contributed by atoms with Gasteiger partial charge < -0.3 is 10.4 Å². The van der Waals surface area contributed by atoms with Crippen LogP contribution in [0.4, 0.5) is 0 Å². The summed E-state index contributed by atoms with van der Waals surface area (Å²) < 4.78 is 0. The van der Waals surface area contributed by atoms with Crippen molar-refractivity contribution in [2.24, 2.45) is 0 Å². The van der Waals surface area contributed by atoms with Gasteiger partial charge in [0.1, 0.15) is 0 Å². The van der Waals surface area contributed by atoms with E-state index in [1.807, 2.05) is 25.7 Å². The number of hydrogen-bond acceptors (Lipinski definition) is 4. The number of rotatable bonds is 5. The van der Waals surface area contributed by atoms with E-state index < -0.39 is 5.97 Å². The number of carboxylic acid groups (broad SMARTS) is 1. The first-order chi connectivity index (χ1) is 8.41. The van der Waals surface area contributed by atoms with E-state index >= 15 is 0 Å². The molecule has 0 saturated carbocycles. The van der Waals surface area contributed by atoms with Crippen molar-refractivity contribution < 1.29 is 14.7 Å². The van der Waals surface area contributed by atoms with Gasteiger partial charge in [-0.1, -0.05) is 0 Å². The first kappa shape index (κ1) is 15.3. The fourth-order valence-electron chi connectivity index (χ4n) is 2.11. The Morgan fingerprint density at radius 2 is 2.11 bits per heavy atom. The molecule has 1 saturated heterocycles. The molecule has 6 heteroatoms. The van der Waals surface area contributed by atoms with E-state index in [4.69, 9.17) is 5.11 Å². The normalized spacial score (nSPS) is 22.8. The minimum absolute atomic E-state index is 0.0210. The van der Waals surface area contributed by atoms with Crippen LogP contribution in [-0.4, -0.2) is 58.1 Å². The predicted octanol–water partition coefficient (Wildman–Crippen LogP) is 0.792. The summed E-state index contributed by atoms with van der Waals surface area (Å²) in [5, 5.41) is 11.8. The number of carbonyl (C=O) groups is 2. The molecule has 0 radical (unpaired) electrons. The molecule has 1 fully saturated rings. The molecule has 2 atom stereocenters. The largest absolute Gasteiger partial charge is 0.481 e. The van der Waals surface area contributed by atoms with E-state index in [1.54, 1.807) is 11.8 Å². The van der Waals surface area contributed by atoms with E-state index in [0.29, 0.717) is 0 Å². The molecule has 0 aromatic carbocycles. The third kappa shape index (κ3) is 4.49. The summed E-state index contributed by atoms with van der Waals surface area (Å²) in [6, 6.07) is -0.205. The summed E-state index contributed by atoms with van der Waals surface area (Å²) in [4.78, 5) is 24.8. The first-order valence-corrected chi connectivity index (χ1v) is 7.43. The number of hydrogen-bond donors (Lipinski definition) is 2. The van der Waals surface area contributed by atoms with Crippen molar-refractivity contribution in [1.82, 2.24) is 10.2 Å². The van der Waals surface area contributed by atoms with Crippen molar-refractivity contribution in [2.45, 2.75) is 45.3 Å². The lowest BCUT2D eigenvalue weighted by Gasteiger charge is -2.38. The molecule has 5 nitrogen and oxygen atoms in total. The second-order valence-corrected chi connectivity index (χ2v) is 6.05. The fraction of sp³-hybridized carbons (Fsp3) is 0.833. The van der Waals surface area contributed by atoms with Crippen LogP contribution >= 0.6 is 11.8 Å². The maximum Gasteiger partial charge on any atom is 0.304 e. The minimum atomic E-state index is -0.802. The Hall–Kier alpha value is -0.750. The molecule has 1 aliphatic rings. The van der Waals surface area contributed by atoms with Crippen LogP contribution in [0.5, 0.6) is 0 Å². The highest BCUT2D eigenvalue weighted by atomic mass is 32.2. The molecule has 0 aromatic heterocycles. The average molecular weight is 274 g/mol. The Balaban J connectivity index is 2.64. The van der Waals surface area contributed by atoms with Gasteiger partial charge in [0.15, 0.2) is 0 Å². The van der Waals surface area contributed by atoms with Crippen LogP contribution in [0.3, 0.4) is 0 Å². The van der Waals surface area contributed by atoms with Crippen LogP contribution in [0.15, 0.2) is 0 Å². The standard InChI is InChI=1S/C12H22N2O3S/c1-8(2)13-12(17)9(3)14-4-5-18-7-10(14)6-11(15)16/h8-10H,4-7H2,1-3H3,(H,13,17)(H,15,16). The van der Waals surface area contributed by atoms with Gasteiger partial charge in [0.05, 0.1) is 12.5 Å². The Kier molecular flexibility index (Phi) is 5.95. The van der Waals surface area contributed by atoms with Gasteiger partial charge >= 0.3 is 5.97 Å². The molecule has 1 heterocycles. The van der Waals surface area contributed by atoms with Gasteiger partial charge in [-0.25, -0.2) is 0 Å². The van der Waals surface area contributed by atoms with Gasteiger partial charge in [0.2, 0.25) is 5.91 Å². The fourth-order valence-corrected chi connectivity index (χ4v) is 3.20. The molecule has 1 aliphatic heterocycles. The van der Waals surface area contributed by atoms with E-state index in [0.717, 1.165) is 18.1 Å². The highest BCUT2D eigenvalue weighted by molar-refractivity contribution is 7.99. The number of nitrogens with one attached hydrogen (secondary N) is 1. The van der Waals surface area contributed by atoms with Crippen molar-refractivity contribution in [3.05, 3.63) is 0 Å². The Labute approximate surface area is 112 Å².